The molecule has 2 unspecified atom stereocenters. The van der Waals surface area contributed by atoms with Gasteiger partial charge in [0.2, 0.25) is 0 Å². The van der Waals surface area contributed by atoms with Crippen LogP contribution in [-0.2, 0) is 0 Å². The Morgan fingerprint density at radius 3 is 1.56 bits per heavy atom. The Labute approximate surface area is 57.6 Å². The predicted molar refractivity (Wildman–Crippen MR) is 40.1 cm³/mol. The molecule has 0 saturated heterocycles. The minimum atomic E-state index is 0.111. The van der Waals surface area contributed by atoms with Crippen LogP contribution in [0.4, 0.5) is 0 Å². The summed E-state index contributed by atoms with van der Waals surface area (Å²) >= 11 is 0. The molecule has 1 aliphatic rings. The molecule has 0 aliphatic heterocycles. The third-order valence-corrected chi connectivity index (χ3v) is 3.54. The molecule has 0 aromatic carbocycles. The van der Waals surface area contributed by atoms with Gasteiger partial charge in [-0.2, -0.15) is 0 Å². The second-order valence-electron chi connectivity index (χ2n) is 3.80. The van der Waals surface area contributed by atoms with Crippen molar-refractivity contribution in [3.05, 3.63) is 0 Å². The van der Waals surface area contributed by atoms with Gasteiger partial charge in [0, 0.05) is 5.54 Å². The zero-order valence-electron chi connectivity index (χ0n) is 6.81. The lowest BCUT2D eigenvalue weighted by atomic mass is 9.55. The Hall–Kier alpha value is -0.0400. The summed E-state index contributed by atoms with van der Waals surface area (Å²) in [7, 11) is 0. The van der Waals surface area contributed by atoms with Gasteiger partial charge in [0.05, 0.1) is 0 Å². The molecule has 1 fully saturated rings. The summed E-state index contributed by atoms with van der Waals surface area (Å²) < 4.78 is 0. The minimum absolute atomic E-state index is 0.111. The van der Waals surface area contributed by atoms with Gasteiger partial charge in [0.1, 0.15) is 0 Å². The molecule has 2 N–H and O–H groups in total. The van der Waals surface area contributed by atoms with E-state index in [2.05, 4.69) is 27.7 Å². The van der Waals surface area contributed by atoms with Crippen LogP contribution < -0.4 is 5.73 Å². The number of nitrogens with two attached hydrogens (primary N) is 1. The van der Waals surface area contributed by atoms with Gasteiger partial charge >= 0.3 is 0 Å². The maximum atomic E-state index is 6.00. The molecule has 1 saturated carbocycles. The molecule has 2 atom stereocenters. The molecule has 0 aromatic heterocycles. The quantitative estimate of drug-likeness (QED) is 0.526. The summed E-state index contributed by atoms with van der Waals surface area (Å²) in [5.74, 6) is 2.22. The Kier molecular flexibility index (Phi) is 1.35. The van der Waals surface area contributed by atoms with Gasteiger partial charge in [0.15, 0.2) is 0 Å². The molecule has 54 valence electrons. The highest BCUT2D eigenvalue weighted by atomic mass is 14.8. The highest BCUT2D eigenvalue weighted by molar-refractivity contribution is 5.04. The fourth-order valence-electron chi connectivity index (χ4n) is 1.86. The van der Waals surface area contributed by atoms with E-state index >= 15 is 0 Å². The van der Waals surface area contributed by atoms with Gasteiger partial charge in [-0.3, -0.25) is 0 Å². The Morgan fingerprint density at radius 1 is 1.11 bits per heavy atom. The number of hydrogen-bond acceptors (Lipinski definition) is 1. The van der Waals surface area contributed by atoms with Crippen LogP contribution in [0.3, 0.4) is 0 Å². The van der Waals surface area contributed by atoms with Crippen molar-refractivity contribution in [3.8, 4) is 0 Å². The van der Waals surface area contributed by atoms with Gasteiger partial charge in [-0.05, 0) is 24.7 Å². The van der Waals surface area contributed by atoms with E-state index in [0.717, 1.165) is 5.92 Å². The van der Waals surface area contributed by atoms with E-state index in [9.17, 15) is 0 Å². The first-order valence-corrected chi connectivity index (χ1v) is 3.76. The highest BCUT2D eigenvalue weighted by Crippen LogP contribution is 2.46. The summed E-state index contributed by atoms with van der Waals surface area (Å²) in [4.78, 5) is 0. The minimum Gasteiger partial charge on any atom is -0.325 e. The van der Waals surface area contributed by atoms with Crippen LogP contribution >= 0.6 is 0 Å². The fraction of sp³-hybridized carbons (Fsp3) is 1.00. The maximum absolute atomic E-state index is 6.00. The molecule has 0 bridgehead atoms. The molecule has 0 spiro atoms. The first-order valence-electron chi connectivity index (χ1n) is 3.76. The Morgan fingerprint density at radius 2 is 1.44 bits per heavy atom. The van der Waals surface area contributed by atoms with E-state index in [1.807, 2.05) is 0 Å². The van der Waals surface area contributed by atoms with Crippen molar-refractivity contribution >= 4 is 0 Å². The molecule has 1 nitrogen and oxygen atoms in total. The molecule has 1 heteroatoms. The van der Waals surface area contributed by atoms with Crippen LogP contribution in [0.5, 0.6) is 0 Å². The van der Waals surface area contributed by atoms with Crippen molar-refractivity contribution < 1.29 is 0 Å². The van der Waals surface area contributed by atoms with Crippen molar-refractivity contribution in [2.45, 2.75) is 33.2 Å². The molecule has 0 aromatic rings. The van der Waals surface area contributed by atoms with Crippen molar-refractivity contribution in [2.75, 3.05) is 0 Å². The summed E-state index contributed by atoms with van der Waals surface area (Å²) in [6.07, 6.45) is 0. The lowest BCUT2D eigenvalue weighted by Gasteiger charge is -2.54. The normalized spacial score (nSPS) is 59.0. The summed E-state index contributed by atoms with van der Waals surface area (Å²) in [6, 6.07) is 0. The largest absolute Gasteiger partial charge is 0.325 e. The highest BCUT2D eigenvalue weighted by Gasteiger charge is 2.49. The summed E-state index contributed by atoms with van der Waals surface area (Å²) in [6.45, 7) is 8.92. The average molecular weight is 127 g/mol. The lowest BCUT2D eigenvalue weighted by Crippen LogP contribution is -2.63. The van der Waals surface area contributed by atoms with Crippen LogP contribution in [0.1, 0.15) is 27.7 Å². The standard InChI is InChI=1S/C8H17N/c1-5-6(2)8(4,9)7(5)3/h5-7H,9H2,1-4H3. The summed E-state index contributed by atoms with van der Waals surface area (Å²) in [5, 5.41) is 0. The van der Waals surface area contributed by atoms with Crippen LogP contribution in [0.25, 0.3) is 0 Å². The SMILES string of the molecule is CC1C(C)C(C)(N)C1C. The third kappa shape index (κ3) is 0.710. The van der Waals surface area contributed by atoms with E-state index in [0.29, 0.717) is 11.8 Å². The van der Waals surface area contributed by atoms with Crippen molar-refractivity contribution in [1.82, 2.24) is 0 Å². The maximum Gasteiger partial charge on any atom is 0.0182 e. The molecule has 0 amide bonds. The molecule has 1 rings (SSSR count). The van der Waals surface area contributed by atoms with Crippen LogP contribution in [0, 0.1) is 17.8 Å². The van der Waals surface area contributed by atoms with Gasteiger partial charge in [-0.25, -0.2) is 0 Å². The van der Waals surface area contributed by atoms with Crippen LogP contribution in [-0.4, -0.2) is 5.54 Å². The topological polar surface area (TPSA) is 26.0 Å². The van der Waals surface area contributed by atoms with E-state index in [-0.39, 0.29) is 5.54 Å². The van der Waals surface area contributed by atoms with E-state index < -0.39 is 0 Å². The van der Waals surface area contributed by atoms with Gasteiger partial charge in [-0.15, -0.1) is 0 Å². The zero-order chi connectivity index (χ0) is 7.23. The zero-order valence-corrected chi connectivity index (χ0v) is 6.81. The van der Waals surface area contributed by atoms with E-state index in [1.54, 1.807) is 0 Å². The molecular weight excluding hydrogens is 110 g/mol. The Balaban J connectivity index is 2.62. The van der Waals surface area contributed by atoms with Gasteiger partial charge < -0.3 is 5.73 Å². The first kappa shape index (κ1) is 7.07. The number of hydrogen-bond donors (Lipinski definition) is 1. The second-order valence-corrected chi connectivity index (χ2v) is 3.80. The summed E-state index contributed by atoms with van der Waals surface area (Å²) in [5.41, 5.74) is 6.11. The van der Waals surface area contributed by atoms with Gasteiger partial charge in [0.25, 0.3) is 0 Å². The van der Waals surface area contributed by atoms with E-state index in [1.165, 1.54) is 0 Å². The van der Waals surface area contributed by atoms with Crippen molar-refractivity contribution in [1.29, 1.82) is 0 Å². The monoisotopic (exact) mass is 127 g/mol. The molecular formula is C8H17N. The molecule has 9 heavy (non-hydrogen) atoms. The second kappa shape index (κ2) is 1.72. The Bertz CT molecular complexity index is 106. The van der Waals surface area contributed by atoms with Crippen molar-refractivity contribution in [3.63, 3.8) is 0 Å². The first-order chi connectivity index (χ1) is 3.98. The fourth-order valence-corrected chi connectivity index (χ4v) is 1.86. The van der Waals surface area contributed by atoms with Crippen LogP contribution in [0.2, 0.25) is 0 Å². The third-order valence-electron chi connectivity index (χ3n) is 3.54. The average Bonchev–Trinajstić information content (AvgIpc) is 1.84. The van der Waals surface area contributed by atoms with E-state index in [4.69, 9.17) is 5.73 Å². The lowest BCUT2D eigenvalue weighted by molar-refractivity contribution is -0.00193. The smallest absolute Gasteiger partial charge is 0.0182 e. The number of rotatable bonds is 0. The molecule has 0 heterocycles. The van der Waals surface area contributed by atoms with Crippen LogP contribution in [0.15, 0.2) is 0 Å². The van der Waals surface area contributed by atoms with Crippen molar-refractivity contribution in [2.24, 2.45) is 23.5 Å². The van der Waals surface area contributed by atoms with Gasteiger partial charge in [-0.1, -0.05) is 20.8 Å². The predicted octanol–water partition coefficient (Wildman–Crippen LogP) is 1.63. The molecule has 0 radical (unpaired) electrons. The molecule has 1 aliphatic carbocycles.